The van der Waals surface area contributed by atoms with Gasteiger partial charge in [0.1, 0.15) is 0 Å². The molecule has 0 bridgehead atoms. The van der Waals surface area contributed by atoms with Gasteiger partial charge in [-0.25, -0.2) is 0 Å². The molecule has 39 valence electrons. The Morgan fingerprint density at radius 3 is 2.29 bits per heavy atom. The Bertz CT molecular complexity index is 90.7. The van der Waals surface area contributed by atoms with Crippen molar-refractivity contribution in [2.24, 2.45) is 0 Å². The monoisotopic (exact) mass is 113 g/mol. The third-order valence-electron chi connectivity index (χ3n) is 1.43. The second-order valence-corrected chi connectivity index (χ2v) is 2.55. The quantitative estimate of drug-likeness (QED) is 0.453. The second kappa shape index (κ2) is 1.83. The van der Waals surface area contributed by atoms with Crippen molar-refractivity contribution in [3.05, 3.63) is 10.5 Å². The summed E-state index contributed by atoms with van der Waals surface area (Å²) in [5.74, 6) is 0. The summed E-state index contributed by atoms with van der Waals surface area (Å²) in [5, 5.41) is 0. The molecule has 1 aliphatic carbocycles. The lowest BCUT2D eigenvalue weighted by molar-refractivity contribution is 0.904. The highest BCUT2D eigenvalue weighted by molar-refractivity contribution is 7.84. The van der Waals surface area contributed by atoms with Gasteiger partial charge in [-0.1, -0.05) is 18.2 Å². The molecule has 0 nitrogen and oxygen atoms in total. The fourth-order valence-electron chi connectivity index (χ4n) is 0.867. The molecule has 0 spiro atoms. The van der Waals surface area contributed by atoms with Crippen LogP contribution in [0.4, 0.5) is 0 Å². The molecule has 0 N–H and O–H groups in total. The molecule has 0 aliphatic heterocycles. The average molecular weight is 113 g/mol. The Balaban J connectivity index is 2.64. The first-order chi connectivity index (χ1) is 3.30. The SMILES string of the molecule is CC1=C([S])CCC1. The number of rotatable bonds is 0. The van der Waals surface area contributed by atoms with Crippen molar-refractivity contribution in [3.63, 3.8) is 0 Å². The summed E-state index contributed by atoms with van der Waals surface area (Å²) in [6, 6.07) is 0. The highest BCUT2D eigenvalue weighted by Crippen LogP contribution is 2.27. The molecule has 0 aromatic carbocycles. The maximum absolute atomic E-state index is 5.00. The minimum absolute atomic E-state index is 1.17. The lowest BCUT2D eigenvalue weighted by Gasteiger charge is -1.84. The summed E-state index contributed by atoms with van der Waals surface area (Å²) in [6.07, 6.45) is 3.71. The van der Waals surface area contributed by atoms with E-state index in [1.54, 1.807) is 0 Å². The van der Waals surface area contributed by atoms with Crippen LogP contribution in [0.2, 0.25) is 0 Å². The van der Waals surface area contributed by atoms with Crippen molar-refractivity contribution < 1.29 is 0 Å². The van der Waals surface area contributed by atoms with Crippen LogP contribution in [-0.4, -0.2) is 0 Å². The second-order valence-electron chi connectivity index (χ2n) is 2.06. The average Bonchev–Trinajstić information content (AvgIpc) is 1.91. The molecule has 1 aliphatic rings. The smallest absolute Gasteiger partial charge is 0.0141 e. The van der Waals surface area contributed by atoms with Gasteiger partial charge in [-0.3, -0.25) is 0 Å². The molecule has 0 unspecified atom stereocenters. The van der Waals surface area contributed by atoms with Crippen LogP contribution in [0, 0.1) is 0 Å². The molecule has 0 aromatic rings. The Morgan fingerprint density at radius 1 is 1.43 bits per heavy atom. The van der Waals surface area contributed by atoms with Crippen LogP contribution in [0.1, 0.15) is 26.2 Å². The first-order valence-corrected chi connectivity index (χ1v) is 3.07. The van der Waals surface area contributed by atoms with Gasteiger partial charge in [0.25, 0.3) is 0 Å². The number of allylic oxidation sites excluding steroid dienone is 2. The van der Waals surface area contributed by atoms with Crippen LogP contribution in [0.5, 0.6) is 0 Å². The van der Waals surface area contributed by atoms with Crippen LogP contribution in [0.15, 0.2) is 10.5 Å². The van der Waals surface area contributed by atoms with E-state index in [0.29, 0.717) is 0 Å². The standard InChI is InChI=1S/C6H9S/c1-5-3-2-4-6(5)7/h2-4H2,1H3. The van der Waals surface area contributed by atoms with Crippen LogP contribution < -0.4 is 0 Å². The summed E-state index contributed by atoms with van der Waals surface area (Å²) in [6.45, 7) is 2.13. The van der Waals surface area contributed by atoms with Gasteiger partial charge in [-0.15, -0.1) is 0 Å². The van der Waals surface area contributed by atoms with Gasteiger partial charge in [0, 0.05) is 4.91 Å². The summed E-state index contributed by atoms with van der Waals surface area (Å²) in [5.41, 5.74) is 1.44. The summed E-state index contributed by atoms with van der Waals surface area (Å²) < 4.78 is 0. The summed E-state index contributed by atoms with van der Waals surface area (Å²) in [4.78, 5) is 1.21. The molecule has 7 heavy (non-hydrogen) atoms. The zero-order valence-electron chi connectivity index (χ0n) is 4.53. The highest BCUT2D eigenvalue weighted by Gasteiger charge is 2.05. The van der Waals surface area contributed by atoms with E-state index in [-0.39, 0.29) is 0 Å². The van der Waals surface area contributed by atoms with Crippen molar-refractivity contribution in [2.75, 3.05) is 0 Å². The Morgan fingerprint density at radius 2 is 2.14 bits per heavy atom. The fourth-order valence-corrected chi connectivity index (χ4v) is 1.11. The van der Waals surface area contributed by atoms with E-state index >= 15 is 0 Å². The molecule has 1 heteroatoms. The van der Waals surface area contributed by atoms with E-state index in [1.807, 2.05) is 0 Å². The number of hydrogen-bond donors (Lipinski definition) is 0. The van der Waals surface area contributed by atoms with Crippen molar-refractivity contribution in [2.45, 2.75) is 26.2 Å². The minimum atomic E-state index is 1.17. The van der Waals surface area contributed by atoms with Crippen molar-refractivity contribution >= 4 is 12.6 Å². The van der Waals surface area contributed by atoms with Crippen molar-refractivity contribution in [1.82, 2.24) is 0 Å². The van der Waals surface area contributed by atoms with Gasteiger partial charge in [0.05, 0.1) is 0 Å². The first kappa shape index (κ1) is 5.10. The normalized spacial score (nSPS) is 21.3. The van der Waals surface area contributed by atoms with Crippen LogP contribution >= 0.6 is 12.6 Å². The predicted molar refractivity (Wildman–Crippen MR) is 34.1 cm³/mol. The van der Waals surface area contributed by atoms with Gasteiger partial charge in [0.15, 0.2) is 0 Å². The molecule has 1 rings (SSSR count). The van der Waals surface area contributed by atoms with Crippen molar-refractivity contribution in [3.8, 4) is 0 Å². The topological polar surface area (TPSA) is 0 Å². The lowest BCUT2D eigenvalue weighted by Crippen LogP contribution is -1.63. The molecule has 0 atom stereocenters. The van der Waals surface area contributed by atoms with E-state index in [0.717, 1.165) is 0 Å². The molecular weight excluding hydrogens is 104 g/mol. The first-order valence-electron chi connectivity index (χ1n) is 2.66. The third-order valence-corrected chi connectivity index (χ3v) is 1.98. The zero-order valence-corrected chi connectivity index (χ0v) is 5.35. The summed E-state index contributed by atoms with van der Waals surface area (Å²) >= 11 is 5.00. The van der Waals surface area contributed by atoms with E-state index in [2.05, 4.69) is 6.92 Å². The fraction of sp³-hybridized carbons (Fsp3) is 0.667. The Kier molecular flexibility index (Phi) is 1.33. The molecule has 0 amide bonds. The molecule has 0 fully saturated rings. The van der Waals surface area contributed by atoms with Gasteiger partial charge in [0.2, 0.25) is 0 Å². The van der Waals surface area contributed by atoms with Gasteiger partial charge >= 0.3 is 0 Å². The molecule has 0 saturated heterocycles. The Hall–Kier alpha value is -0.0400. The van der Waals surface area contributed by atoms with Crippen LogP contribution in [0.3, 0.4) is 0 Å². The van der Waals surface area contributed by atoms with E-state index < -0.39 is 0 Å². The Labute approximate surface area is 50.0 Å². The zero-order chi connectivity index (χ0) is 5.28. The third kappa shape index (κ3) is 0.942. The molecular formula is C6H9S. The lowest BCUT2D eigenvalue weighted by atomic mass is 10.3. The molecule has 0 heterocycles. The predicted octanol–water partition coefficient (Wildman–Crippen LogP) is 2.64. The van der Waals surface area contributed by atoms with Crippen LogP contribution in [-0.2, 0) is 0 Å². The summed E-state index contributed by atoms with van der Waals surface area (Å²) in [7, 11) is 0. The van der Waals surface area contributed by atoms with Crippen LogP contribution in [0.25, 0.3) is 0 Å². The highest BCUT2D eigenvalue weighted by atomic mass is 32.1. The molecule has 0 aromatic heterocycles. The molecule has 1 radical (unpaired) electrons. The molecule has 0 saturated carbocycles. The maximum Gasteiger partial charge on any atom is 0.0141 e. The maximum atomic E-state index is 5.00. The van der Waals surface area contributed by atoms with E-state index in [4.69, 9.17) is 12.6 Å². The van der Waals surface area contributed by atoms with Gasteiger partial charge < -0.3 is 0 Å². The largest absolute Gasteiger partial charge is 0.0850 e. The van der Waals surface area contributed by atoms with E-state index in [9.17, 15) is 0 Å². The van der Waals surface area contributed by atoms with E-state index in [1.165, 1.54) is 29.7 Å². The number of hydrogen-bond acceptors (Lipinski definition) is 0. The van der Waals surface area contributed by atoms with Gasteiger partial charge in [-0.05, 0) is 26.2 Å². The van der Waals surface area contributed by atoms with Gasteiger partial charge in [-0.2, -0.15) is 0 Å². The minimum Gasteiger partial charge on any atom is -0.0850 e. The van der Waals surface area contributed by atoms with Crippen molar-refractivity contribution in [1.29, 1.82) is 0 Å².